The number of aliphatic hydroxyl groups excluding tert-OH is 1. The van der Waals surface area contributed by atoms with Crippen molar-refractivity contribution >= 4 is 0 Å². The van der Waals surface area contributed by atoms with Crippen LogP contribution in [0.2, 0.25) is 0 Å². The van der Waals surface area contributed by atoms with E-state index in [1.54, 1.807) is 0 Å². The Morgan fingerprint density at radius 1 is 1.00 bits per heavy atom. The van der Waals surface area contributed by atoms with Gasteiger partial charge in [-0.1, -0.05) is 19.0 Å². The minimum Gasteiger partial charge on any atom is -0.396 e. The van der Waals surface area contributed by atoms with Crippen LogP contribution in [0.15, 0.2) is 10.6 Å². The minimum atomic E-state index is -0.447. The van der Waals surface area contributed by atoms with Crippen molar-refractivity contribution in [3.8, 4) is 0 Å². The summed E-state index contributed by atoms with van der Waals surface area (Å²) in [5.74, 6) is 4.49. The topological polar surface area (TPSA) is 66.5 Å². The molecular formula is C25H39NO3. The molecule has 0 spiro atoms. The zero-order chi connectivity index (χ0) is 20.4. The third-order valence-electron chi connectivity index (χ3n) is 10.2. The van der Waals surface area contributed by atoms with E-state index in [1.807, 2.05) is 0 Å². The number of aliphatic hydroxyl groups is 2. The molecule has 0 aromatic carbocycles. The van der Waals surface area contributed by atoms with Crippen LogP contribution in [0.1, 0.15) is 95.9 Å². The second-order valence-corrected chi connectivity index (χ2v) is 11.7. The van der Waals surface area contributed by atoms with Crippen molar-refractivity contribution in [3.63, 3.8) is 0 Å². The van der Waals surface area contributed by atoms with Gasteiger partial charge >= 0.3 is 0 Å². The highest BCUT2D eigenvalue weighted by Crippen LogP contribution is 2.69. The number of hydrogen-bond acceptors (Lipinski definition) is 4. The predicted octanol–water partition coefficient (Wildman–Crippen LogP) is 5.09. The Hall–Kier alpha value is -0.870. The summed E-state index contributed by atoms with van der Waals surface area (Å²) in [6, 6.07) is 2.11. The van der Waals surface area contributed by atoms with E-state index >= 15 is 0 Å². The number of rotatable bonds is 3. The number of nitrogens with zero attached hydrogens (tertiary/aromatic N) is 1. The smallest absolute Gasteiger partial charge is 0.139 e. The Morgan fingerprint density at radius 2 is 1.79 bits per heavy atom. The molecule has 1 aromatic rings. The van der Waals surface area contributed by atoms with Crippen LogP contribution in [0.25, 0.3) is 0 Å². The van der Waals surface area contributed by atoms with Gasteiger partial charge in [-0.25, -0.2) is 0 Å². The standard InChI is InChI=1S/C25H39NO3/c1-23(28)11-12-24(2)16(15-23)4-5-18-19-6-7-21(25(19,3)10-8-20(18)24)22-14-17(9-13-27)29-26-22/h14,16,18-21,27-28H,4-13,15H2,1-3H3/t16-,18?,19?,20?,21+,23+,24-,25-/m0/s1. The molecule has 1 aromatic heterocycles. The Morgan fingerprint density at radius 3 is 2.59 bits per heavy atom. The summed E-state index contributed by atoms with van der Waals surface area (Å²) < 4.78 is 5.52. The molecule has 5 rings (SSSR count). The molecule has 4 heteroatoms. The van der Waals surface area contributed by atoms with Gasteiger partial charge in [0.05, 0.1) is 17.9 Å². The van der Waals surface area contributed by atoms with E-state index in [9.17, 15) is 10.2 Å². The molecule has 4 saturated carbocycles. The van der Waals surface area contributed by atoms with Crippen LogP contribution in [0.5, 0.6) is 0 Å². The van der Waals surface area contributed by atoms with E-state index < -0.39 is 5.60 Å². The van der Waals surface area contributed by atoms with Crippen molar-refractivity contribution in [2.75, 3.05) is 6.61 Å². The molecule has 4 aliphatic carbocycles. The fourth-order valence-electron chi connectivity index (χ4n) is 8.64. The molecule has 0 amide bonds. The lowest BCUT2D eigenvalue weighted by Gasteiger charge is -2.61. The van der Waals surface area contributed by atoms with E-state index in [0.717, 1.165) is 42.0 Å². The van der Waals surface area contributed by atoms with Crippen LogP contribution in [-0.2, 0) is 6.42 Å². The molecule has 8 atom stereocenters. The zero-order valence-corrected chi connectivity index (χ0v) is 18.5. The summed E-state index contributed by atoms with van der Waals surface area (Å²) in [6.45, 7) is 7.28. The molecule has 0 saturated heterocycles. The van der Waals surface area contributed by atoms with Gasteiger partial charge in [-0.15, -0.1) is 0 Å². The SMILES string of the molecule is C[C@@]1(O)CC[C@]2(C)C3CC[C@@]4(C)C(CC[C@@H]4c4cc(CCO)on4)C3CC[C@H]2C1. The summed E-state index contributed by atoms with van der Waals surface area (Å²) in [5.41, 5.74) is 1.44. The van der Waals surface area contributed by atoms with E-state index in [0.29, 0.717) is 29.1 Å². The highest BCUT2D eigenvalue weighted by molar-refractivity contribution is 5.20. The van der Waals surface area contributed by atoms with Gasteiger partial charge in [0.25, 0.3) is 0 Å². The average molecular weight is 402 g/mol. The van der Waals surface area contributed by atoms with Crippen LogP contribution in [-0.4, -0.2) is 27.6 Å². The van der Waals surface area contributed by atoms with Crippen LogP contribution in [0.3, 0.4) is 0 Å². The molecule has 3 unspecified atom stereocenters. The molecule has 29 heavy (non-hydrogen) atoms. The first-order valence-corrected chi connectivity index (χ1v) is 12.1. The third kappa shape index (κ3) is 3.04. The normalized spacial score (nSPS) is 49.3. The van der Waals surface area contributed by atoms with Gasteiger partial charge in [0.2, 0.25) is 0 Å². The van der Waals surface area contributed by atoms with Gasteiger partial charge in [-0.05, 0) is 99.2 Å². The van der Waals surface area contributed by atoms with Crippen LogP contribution < -0.4 is 0 Å². The quantitative estimate of drug-likeness (QED) is 0.741. The van der Waals surface area contributed by atoms with Crippen LogP contribution >= 0.6 is 0 Å². The highest BCUT2D eigenvalue weighted by atomic mass is 16.5. The predicted molar refractivity (Wildman–Crippen MR) is 112 cm³/mol. The molecular weight excluding hydrogens is 362 g/mol. The van der Waals surface area contributed by atoms with Crippen molar-refractivity contribution in [2.24, 2.45) is 34.5 Å². The lowest BCUT2D eigenvalue weighted by atomic mass is 9.44. The average Bonchev–Trinajstić information content (AvgIpc) is 3.26. The Kier molecular flexibility index (Phi) is 4.71. The fraction of sp³-hybridized carbons (Fsp3) is 0.880. The molecule has 0 radical (unpaired) electrons. The third-order valence-corrected chi connectivity index (χ3v) is 10.2. The van der Waals surface area contributed by atoms with Gasteiger partial charge < -0.3 is 14.7 Å². The summed E-state index contributed by atoms with van der Waals surface area (Å²) >= 11 is 0. The minimum absolute atomic E-state index is 0.121. The van der Waals surface area contributed by atoms with Crippen molar-refractivity contribution in [2.45, 2.75) is 96.5 Å². The van der Waals surface area contributed by atoms with Crippen molar-refractivity contribution < 1.29 is 14.7 Å². The van der Waals surface area contributed by atoms with Crippen molar-refractivity contribution in [3.05, 3.63) is 17.5 Å². The summed E-state index contributed by atoms with van der Waals surface area (Å²) in [4.78, 5) is 0. The Labute approximate surface area is 175 Å². The fourth-order valence-corrected chi connectivity index (χ4v) is 8.64. The van der Waals surface area contributed by atoms with Gasteiger partial charge in [0.1, 0.15) is 5.76 Å². The summed E-state index contributed by atoms with van der Waals surface area (Å²) in [7, 11) is 0. The number of fused-ring (bicyclic) bond motifs is 5. The lowest BCUT2D eigenvalue weighted by Crippen LogP contribution is -2.55. The molecule has 0 bridgehead atoms. The Balaban J connectivity index is 1.39. The van der Waals surface area contributed by atoms with Gasteiger partial charge in [0, 0.05) is 18.4 Å². The van der Waals surface area contributed by atoms with Crippen LogP contribution in [0, 0.1) is 34.5 Å². The monoisotopic (exact) mass is 401 g/mol. The second kappa shape index (κ2) is 6.82. The lowest BCUT2D eigenvalue weighted by molar-refractivity contribution is -0.143. The van der Waals surface area contributed by atoms with Gasteiger partial charge in [-0.3, -0.25) is 0 Å². The zero-order valence-electron chi connectivity index (χ0n) is 18.5. The molecule has 4 aliphatic rings. The number of hydrogen-bond donors (Lipinski definition) is 2. The van der Waals surface area contributed by atoms with Crippen LogP contribution in [0.4, 0.5) is 0 Å². The van der Waals surface area contributed by atoms with Crippen molar-refractivity contribution in [1.82, 2.24) is 5.16 Å². The largest absolute Gasteiger partial charge is 0.396 e. The summed E-state index contributed by atoms with van der Waals surface area (Å²) in [5, 5.41) is 24.3. The molecule has 2 N–H and O–H groups in total. The molecule has 4 fully saturated rings. The first-order chi connectivity index (χ1) is 13.8. The van der Waals surface area contributed by atoms with E-state index in [-0.39, 0.29) is 6.61 Å². The first kappa shape index (κ1) is 20.1. The van der Waals surface area contributed by atoms with E-state index in [1.165, 1.54) is 44.9 Å². The highest BCUT2D eigenvalue weighted by Gasteiger charge is 2.61. The maximum absolute atomic E-state index is 10.7. The van der Waals surface area contributed by atoms with E-state index in [2.05, 4.69) is 32.0 Å². The maximum atomic E-state index is 10.7. The Bertz CT molecular complexity index is 757. The van der Waals surface area contributed by atoms with Crippen molar-refractivity contribution in [1.29, 1.82) is 0 Å². The number of aromatic nitrogens is 1. The molecule has 162 valence electrons. The first-order valence-electron chi connectivity index (χ1n) is 12.1. The molecule has 4 nitrogen and oxygen atoms in total. The maximum Gasteiger partial charge on any atom is 0.139 e. The molecule has 0 aliphatic heterocycles. The van der Waals surface area contributed by atoms with Gasteiger partial charge in [0.15, 0.2) is 0 Å². The van der Waals surface area contributed by atoms with E-state index in [4.69, 9.17) is 4.52 Å². The van der Waals surface area contributed by atoms with Gasteiger partial charge in [-0.2, -0.15) is 0 Å². The molecule has 1 heterocycles. The second-order valence-electron chi connectivity index (χ2n) is 11.7. The summed E-state index contributed by atoms with van der Waals surface area (Å²) in [6.07, 6.45) is 11.6.